The van der Waals surface area contributed by atoms with E-state index in [4.69, 9.17) is 21.1 Å². The van der Waals surface area contributed by atoms with Crippen LogP contribution in [0, 0.1) is 0 Å². The van der Waals surface area contributed by atoms with Crippen LogP contribution < -0.4 is 14.8 Å². The van der Waals surface area contributed by atoms with Crippen LogP contribution in [0.1, 0.15) is 32.3 Å². The Bertz CT molecular complexity index is 391. The van der Waals surface area contributed by atoms with Gasteiger partial charge >= 0.3 is 0 Å². The summed E-state index contributed by atoms with van der Waals surface area (Å²) in [6, 6.07) is 4.32. The molecule has 0 amide bonds. The van der Waals surface area contributed by atoms with E-state index in [-0.39, 0.29) is 6.79 Å². The van der Waals surface area contributed by atoms with Gasteiger partial charge in [0.2, 0.25) is 6.79 Å². The molecule has 0 unspecified atom stereocenters. The van der Waals surface area contributed by atoms with E-state index in [1.807, 2.05) is 12.1 Å². The van der Waals surface area contributed by atoms with E-state index in [0.29, 0.717) is 6.04 Å². The third kappa shape index (κ3) is 2.85. The molecule has 0 fully saturated rings. The first kappa shape index (κ1) is 12.5. The lowest BCUT2D eigenvalue weighted by Gasteiger charge is -2.15. The van der Waals surface area contributed by atoms with Crippen LogP contribution in [0.25, 0.3) is 0 Å². The van der Waals surface area contributed by atoms with Crippen LogP contribution in [0.15, 0.2) is 12.1 Å². The molecule has 17 heavy (non-hydrogen) atoms. The summed E-state index contributed by atoms with van der Waals surface area (Å²) in [5, 5.41) is 4.22. The van der Waals surface area contributed by atoms with Crippen LogP contribution >= 0.6 is 11.6 Å². The number of hydrogen-bond donors (Lipinski definition) is 1. The predicted molar refractivity (Wildman–Crippen MR) is 68.8 cm³/mol. The zero-order valence-electron chi connectivity index (χ0n) is 10.3. The van der Waals surface area contributed by atoms with E-state index in [1.54, 1.807) is 0 Å². The SMILES string of the molecule is CCC(CC)NCc1cc2c(cc1Cl)OCO2. The smallest absolute Gasteiger partial charge is 0.231 e. The van der Waals surface area contributed by atoms with Gasteiger partial charge in [-0.3, -0.25) is 0 Å². The van der Waals surface area contributed by atoms with Gasteiger partial charge in [-0.25, -0.2) is 0 Å². The number of rotatable bonds is 5. The van der Waals surface area contributed by atoms with Crippen LogP contribution in [0.4, 0.5) is 0 Å². The predicted octanol–water partition coefficient (Wildman–Crippen LogP) is 3.35. The van der Waals surface area contributed by atoms with Gasteiger partial charge in [0.25, 0.3) is 0 Å². The Morgan fingerprint density at radius 1 is 1.24 bits per heavy atom. The molecule has 1 N–H and O–H groups in total. The molecule has 0 aromatic heterocycles. The van der Waals surface area contributed by atoms with E-state index < -0.39 is 0 Å². The average molecular weight is 256 g/mol. The van der Waals surface area contributed by atoms with Crippen LogP contribution in [-0.2, 0) is 6.54 Å². The largest absolute Gasteiger partial charge is 0.454 e. The summed E-state index contributed by atoms with van der Waals surface area (Å²) in [6.07, 6.45) is 2.25. The van der Waals surface area contributed by atoms with E-state index in [2.05, 4.69) is 19.2 Å². The van der Waals surface area contributed by atoms with Gasteiger partial charge in [-0.05, 0) is 24.5 Å². The normalized spacial score (nSPS) is 13.4. The summed E-state index contributed by atoms with van der Waals surface area (Å²) in [4.78, 5) is 0. The van der Waals surface area contributed by atoms with Crippen LogP contribution in [-0.4, -0.2) is 12.8 Å². The number of halogens is 1. The van der Waals surface area contributed by atoms with Crippen molar-refractivity contribution < 1.29 is 9.47 Å². The maximum absolute atomic E-state index is 6.20. The quantitative estimate of drug-likeness (QED) is 0.875. The highest BCUT2D eigenvalue weighted by Gasteiger charge is 2.16. The van der Waals surface area contributed by atoms with Crippen LogP contribution in [0.5, 0.6) is 11.5 Å². The van der Waals surface area contributed by atoms with Crippen molar-refractivity contribution in [2.45, 2.75) is 39.3 Å². The fraction of sp³-hybridized carbons (Fsp3) is 0.538. The lowest BCUT2D eigenvalue weighted by atomic mass is 10.1. The summed E-state index contributed by atoms with van der Waals surface area (Å²) in [7, 11) is 0. The third-order valence-electron chi connectivity index (χ3n) is 3.11. The molecule has 1 aromatic rings. The fourth-order valence-electron chi connectivity index (χ4n) is 1.93. The molecule has 2 rings (SSSR count). The van der Waals surface area contributed by atoms with E-state index >= 15 is 0 Å². The summed E-state index contributed by atoms with van der Waals surface area (Å²) in [6.45, 7) is 5.42. The maximum atomic E-state index is 6.20. The highest BCUT2D eigenvalue weighted by atomic mass is 35.5. The molecule has 1 aliphatic rings. The molecule has 0 aliphatic carbocycles. The topological polar surface area (TPSA) is 30.5 Å². The van der Waals surface area contributed by atoms with E-state index in [9.17, 15) is 0 Å². The minimum absolute atomic E-state index is 0.287. The molecule has 1 aromatic carbocycles. The molecule has 0 saturated heterocycles. The van der Waals surface area contributed by atoms with E-state index in [1.165, 1.54) is 0 Å². The molecule has 0 saturated carbocycles. The van der Waals surface area contributed by atoms with Crippen molar-refractivity contribution in [1.29, 1.82) is 0 Å². The highest BCUT2D eigenvalue weighted by Crippen LogP contribution is 2.36. The van der Waals surface area contributed by atoms with Crippen molar-refractivity contribution in [3.63, 3.8) is 0 Å². The molecule has 4 heteroatoms. The minimum Gasteiger partial charge on any atom is -0.454 e. The number of nitrogens with one attached hydrogen (secondary N) is 1. The second kappa shape index (κ2) is 5.61. The zero-order chi connectivity index (χ0) is 12.3. The van der Waals surface area contributed by atoms with Crippen molar-refractivity contribution in [2.24, 2.45) is 0 Å². The van der Waals surface area contributed by atoms with Crippen molar-refractivity contribution in [3.8, 4) is 11.5 Å². The first-order valence-corrected chi connectivity index (χ1v) is 6.43. The zero-order valence-corrected chi connectivity index (χ0v) is 11.0. The standard InChI is InChI=1S/C13H18ClNO2/c1-3-10(4-2)15-7-9-5-12-13(6-11(9)14)17-8-16-12/h5-6,10,15H,3-4,7-8H2,1-2H3. The number of hydrogen-bond acceptors (Lipinski definition) is 3. The van der Waals surface area contributed by atoms with Crippen molar-refractivity contribution in [2.75, 3.05) is 6.79 Å². The second-order valence-corrected chi connectivity index (χ2v) is 4.60. The fourth-order valence-corrected chi connectivity index (χ4v) is 2.15. The third-order valence-corrected chi connectivity index (χ3v) is 3.46. The van der Waals surface area contributed by atoms with Gasteiger partial charge in [-0.15, -0.1) is 0 Å². The van der Waals surface area contributed by atoms with Gasteiger partial charge in [-0.1, -0.05) is 25.4 Å². The lowest BCUT2D eigenvalue weighted by Crippen LogP contribution is -2.27. The molecule has 0 bridgehead atoms. The maximum Gasteiger partial charge on any atom is 0.231 e. The van der Waals surface area contributed by atoms with Crippen molar-refractivity contribution in [3.05, 3.63) is 22.7 Å². The lowest BCUT2D eigenvalue weighted by molar-refractivity contribution is 0.174. The molecule has 0 spiro atoms. The molecule has 1 aliphatic heterocycles. The molecular weight excluding hydrogens is 238 g/mol. The van der Waals surface area contributed by atoms with Gasteiger partial charge in [0.15, 0.2) is 11.5 Å². The van der Waals surface area contributed by atoms with Gasteiger partial charge in [0.1, 0.15) is 0 Å². The van der Waals surface area contributed by atoms with Crippen molar-refractivity contribution >= 4 is 11.6 Å². The van der Waals surface area contributed by atoms with E-state index in [0.717, 1.165) is 41.5 Å². The number of fused-ring (bicyclic) bond motifs is 1. The van der Waals surface area contributed by atoms with Gasteiger partial charge in [-0.2, -0.15) is 0 Å². The number of benzene rings is 1. The Kier molecular flexibility index (Phi) is 4.13. The van der Waals surface area contributed by atoms with Crippen molar-refractivity contribution in [1.82, 2.24) is 5.32 Å². The van der Waals surface area contributed by atoms with Crippen LogP contribution in [0.3, 0.4) is 0 Å². The number of ether oxygens (including phenoxy) is 2. The summed E-state index contributed by atoms with van der Waals surface area (Å²) >= 11 is 6.20. The molecular formula is C13H18ClNO2. The minimum atomic E-state index is 0.287. The summed E-state index contributed by atoms with van der Waals surface area (Å²) in [5.74, 6) is 1.53. The molecule has 1 heterocycles. The Labute approximate surface area is 107 Å². The van der Waals surface area contributed by atoms with Gasteiger partial charge < -0.3 is 14.8 Å². The first-order valence-electron chi connectivity index (χ1n) is 6.06. The van der Waals surface area contributed by atoms with Gasteiger partial charge in [0.05, 0.1) is 0 Å². The monoisotopic (exact) mass is 255 g/mol. The Balaban J connectivity index is 2.06. The summed E-state index contributed by atoms with van der Waals surface area (Å²) in [5.41, 5.74) is 1.06. The molecule has 0 atom stereocenters. The molecule has 0 radical (unpaired) electrons. The Morgan fingerprint density at radius 3 is 2.53 bits per heavy atom. The Morgan fingerprint density at radius 2 is 1.88 bits per heavy atom. The first-order chi connectivity index (χ1) is 8.24. The molecule has 94 valence electrons. The van der Waals surface area contributed by atoms with Gasteiger partial charge in [0, 0.05) is 23.7 Å². The highest BCUT2D eigenvalue weighted by molar-refractivity contribution is 6.31. The summed E-state index contributed by atoms with van der Waals surface area (Å²) < 4.78 is 10.6. The average Bonchev–Trinajstić information content (AvgIpc) is 2.77. The second-order valence-electron chi connectivity index (χ2n) is 4.19. The molecule has 3 nitrogen and oxygen atoms in total. The Hall–Kier alpha value is -0.930. The van der Waals surface area contributed by atoms with Crippen LogP contribution in [0.2, 0.25) is 5.02 Å².